The van der Waals surface area contributed by atoms with Crippen LogP contribution in [0.1, 0.15) is 36.8 Å². The lowest BCUT2D eigenvalue weighted by Gasteiger charge is -2.15. The molecule has 0 radical (unpaired) electrons. The zero-order chi connectivity index (χ0) is 17.3. The van der Waals surface area contributed by atoms with E-state index in [1.807, 2.05) is 42.5 Å². The number of aromatic nitrogens is 1. The number of nitrogens with zero attached hydrogens (tertiary/aromatic N) is 1. The molecule has 0 unspecified atom stereocenters. The summed E-state index contributed by atoms with van der Waals surface area (Å²) < 4.78 is 5.96. The van der Waals surface area contributed by atoms with Gasteiger partial charge in [-0.25, -0.2) is 15.3 Å². The van der Waals surface area contributed by atoms with Crippen molar-refractivity contribution >= 4 is 6.03 Å². The van der Waals surface area contributed by atoms with E-state index in [4.69, 9.17) is 9.57 Å². The Morgan fingerprint density at radius 2 is 1.92 bits per heavy atom. The van der Waals surface area contributed by atoms with Gasteiger partial charge >= 0.3 is 6.03 Å². The summed E-state index contributed by atoms with van der Waals surface area (Å²) >= 11 is 0. The molecular formula is C19H23N3O3. The number of hydrogen-bond donors (Lipinski definition) is 2. The number of pyridine rings is 1. The first kappa shape index (κ1) is 17.2. The number of hydroxylamine groups is 1. The molecule has 0 spiro atoms. The first-order chi connectivity index (χ1) is 12.3. The Morgan fingerprint density at radius 3 is 2.72 bits per heavy atom. The number of nitrogens with one attached hydrogen (secondary N) is 2. The molecule has 2 N–H and O–H groups in total. The van der Waals surface area contributed by atoms with E-state index >= 15 is 0 Å². The van der Waals surface area contributed by atoms with Gasteiger partial charge in [0.1, 0.15) is 6.10 Å². The zero-order valence-electron chi connectivity index (χ0n) is 14.1. The molecule has 0 saturated heterocycles. The summed E-state index contributed by atoms with van der Waals surface area (Å²) in [6.07, 6.45) is 6.47. The van der Waals surface area contributed by atoms with Crippen LogP contribution >= 0.6 is 0 Å². The molecule has 2 amide bonds. The number of hydrogen-bond acceptors (Lipinski definition) is 4. The van der Waals surface area contributed by atoms with Gasteiger partial charge in [-0.1, -0.05) is 36.4 Å². The first-order valence-corrected chi connectivity index (χ1v) is 8.61. The van der Waals surface area contributed by atoms with Gasteiger partial charge in [-0.3, -0.25) is 4.84 Å². The summed E-state index contributed by atoms with van der Waals surface area (Å²) in [5.41, 5.74) is 4.23. The van der Waals surface area contributed by atoms with Gasteiger partial charge in [0.2, 0.25) is 5.88 Å². The number of amides is 2. The quantitative estimate of drug-likeness (QED) is 0.758. The summed E-state index contributed by atoms with van der Waals surface area (Å²) in [4.78, 5) is 21.3. The largest absolute Gasteiger partial charge is 0.474 e. The molecule has 1 aromatic heterocycles. The minimum Gasteiger partial charge on any atom is -0.474 e. The average molecular weight is 341 g/mol. The highest BCUT2D eigenvalue weighted by atomic mass is 16.7. The predicted molar refractivity (Wildman–Crippen MR) is 93.7 cm³/mol. The standard InChI is InChI=1S/C19H23N3O3/c23-19(22-24-14-15-7-2-1-3-8-15)21-13-16-9-6-12-20-18(16)25-17-10-4-5-11-17/h1-3,6-9,12,17H,4-5,10-11,13-14H2,(H2,21,22,23). The SMILES string of the molecule is O=C(NCc1cccnc1OC1CCCC1)NOCc1ccccc1. The van der Waals surface area contributed by atoms with Gasteiger partial charge in [0.05, 0.1) is 6.61 Å². The number of benzene rings is 1. The third-order valence-corrected chi connectivity index (χ3v) is 4.12. The summed E-state index contributed by atoms with van der Waals surface area (Å²) in [5.74, 6) is 0.597. The van der Waals surface area contributed by atoms with Crippen LogP contribution in [-0.4, -0.2) is 17.1 Å². The fraction of sp³-hybridized carbons (Fsp3) is 0.368. The number of rotatable bonds is 7. The van der Waals surface area contributed by atoms with Crippen molar-refractivity contribution in [3.05, 3.63) is 59.8 Å². The molecule has 0 atom stereocenters. The molecular weight excluding hydrogens is 318 g/mol. The Morgan fingerprint density at radius 1 is 1.12 bits per heavy atom. The maximum absolute atomic E-state index is 11.9. The molecule has 25 heavy (non-hydrogen) atoms. The molecule has 0 bridgehead atoms. The van der Waals surface area contributed by atoms with Crippen molar-refractivity contribution in [2.45, 2.75) is 44.9 Å². The molecule has 1 saturated carbocycles. The lowest BCUT2D eigenvalue weighted by atomic mass is 10.2. The van der Waals surface area contributed by atoms with Crippen molar-refractivity contribution in [1.29, 1.82) is 0 Å². The van der Waals surface area contributed by atoms with Crippen LogP contribution in [0.25, 0.3) is 0 Å². The maximum atomic E-state index is 11.9. The van der Waals surface area contributed by atoms with Gasteiger partial charge in [0.15, 0.2) is 0 Å². The van der Waals surface area contributed by atoms with Crippen molar-refractivity contribution in [3.8, 4) is 5.88 Å². The van der Waals surface area contributed by atoms with E-state index in [-0.39, 0.29) is 6.10 Å². The number of carbonyl (C=O) groups excluding carboxylic acids is 1. The Kier molecular flexibility index (Phi) is 6.23. The smallest absolute Gasteiger partial charge is 0.338 e. The second-order valence-electron chi connectivity index (χ2n) is 6.05. The Balaban J connectivity index is 1.43. The van der Waals surface area contributed by atoms with Crippen LogP contribution in [0.4, 0.5) is 4.79 Å². The van der Waals surface area contributed by atoms with Crippen molar-refractivity contribution in [2.75, 3.05) is 0 Å². The molecule has 6 heteroatoms. The highest BCUT2D eigenvalue weighted by molar-refractivity contribution is 5.72. The molecule has 1 fully saturated rings. The summed E-state index contributed by atoms with van der Waals surface area (Å²) in [6.45, 7) is 0.646. The topological polar surface area (TPSA) is 72.5 Å². The molecule has 2 aromatic rings. The normalized spacial score (nSPS) is 14.2. The van der Waals surface area contributed by atoms with Gasteiger partial charge in [-0.05, 0) is 37.3 Å². The first-order valence-electron chi connectivity index (χ1n) is 8.61. The Labute approximate surface area is 147 Å². The number of ether oxygens (including phenoxy) is 1. The van der Waals surface area contributed by atoms with Crippen molar-refractivity contribution in [1.82, 2.24) is 15.8 Å². The van der Waals surface area contributed by atoms with E-state index in [0.29, 0.717) is 19.0 Å². The summed E-state index contributed by atoms with van der Waals surface area (Å²) in [7, 11) is 0. The lowest BCUT2D eigenvalue weighted by Crippen LogP contribution is -2.35. The Hall–Kier alpha value is -2.60. The van der Waals surface area contributed by atoms with Crippen LogP contribution in [0.15, 0.2) is 48.7 Å². The van der Waals surface area contributed by atoms with Crippen LogP contribution in [0, 0.1) is 0 Å². The second kappa shape index (κ2) is 9.03. The molecule has 132 valence electrons. The van der Waals surface area contributed by atoms with E-state index in [0.717, 1.165) is 24.0 Å². The molecule has 1 heterocycles. The van der Waals surface area contributed by atoms with Gasteiger partial charge in [-0.15, -0.1) is 0 Å². The van der Waals surface area contributed by atoms with Crippen LogP contribution < -0.4 is 15.5 Å². The van der Waals surface area contributed by atoms with E-state index in [1.165, 1.54) is 12.8 Å². The number of carbonyl (C=O) groups is 1. The number of urea groups is 1. The van der Waals surface area contributed by atoms with E-state index < -0.39 is 6.03 Å². The molecule has 6 nitrogen and oxygen atoms in total. The van der Waals surface area contributed by atoms with E-state index in [9.17, 15) is 4.79 Å². The van der Waals surface area contributed by atoms with E-state index in [1.54, 1.807) is 6.20 Å². The van der Waals surface area contributed by atoms with Crippen LogP contribution in [-0.2, 0) is 18.0 Å². The van der Waals surface area contributed by atoms with Crippen molar-refractivity contribution in [2.24, 2.45) is 0 Å². The van der Waals surface area contributed by atoms with Crippen LogP contribution in [0.2, 0.25) is 0 Å². The Bertz CT molecular complexity index is 673. The molecule has 1 aromatic carbocycles. The summed E-state index contributed by atoms with van der Waals surface area (Å²) in [6, 6.07) is 13.0. The summed E-state index contributed by atoms with van der Waals surface area (Å²) in [5, 5.41) is 2.76. The molecule has 1 aliphatic rings. The predicted octanol–water partition coefficient (Wildman–Crippen LogP) is 3.33. The second-order valence-corrected chi connectivity index (χ2v) is 6.05. The average Bonchev–Trinajstić information content (AvgIpc) is 3.15. The fourth-order valence-electron chi connectivity index (χ4n) is 2.80. The fourth-order valence-corrected chi connectivity index (χ4v) is 2.80. The third-order valence-electron chi connectivity index (χ3n) is 4.12. The lowest BCUT2D eigenvalue weighted by molar-refractivity contribution is 0.0489. The highest BCUT2D eigenvalue weighted by Gasteiger charge is 2.18. The van der Waals surface area contributed by atoms with Crippen LogP contribution in [0.3, 0.4) is 0 Å². The molecule has 1 aliphatic carbocycles. The van der Waals surface area contributed by atoms with Gasteiger partial charge in [0.25, 0.3) is 0 Å². The minimum atomic E-state index is -0.397. The van der Waals surface area contributed by atoms with Gasteiger partial charge < -0.3 is 10.1 Å². The van der Waals surface area contributed by atoms with Crippen LogP contribution in [0.5, 0.6) is 5.88 Å². The van der Waals surface area contributed by atoms with Crippen molar-refractivity contribution in [3.63, 3.8) is 0 Å². The van der Waals surface area contributed by atoms with Gasteiger partial charge in [0, 0.05) is 18.3 Å². The van der Waals surface area contributed by atoms with Crippen molar-refractivity contribution < 1.29 is 14.4 Å². The maximum Gasteiger partial charge on any atom is 0.338 e. The highest BCUT2D eigenvalue weighted by Crippen LogP contribution is 2.24. The molecule has 0 aliphatic heterocycles. The zero-order valence-corrected chi connectivity index (χ0v) is 14.1. The third kappa shape index (κ3) is 5.46. The monoisotopic (exact) mass is 341 g/mol. The van der Waals surface area contributed by atoms with E-state index in [2.05, 4.69) is 15.8 Å². The minimum absolute atomic E-state index is 0.233. The van der Waals surface area contributed by atoms with Gasteiger partial charge in [-0.2, -0.15) is 0 Å². The molecule has 3 rings (SSSR count).